The lowest BCUT2D eigenvalue weighted by Gasteiger charge is -2.25. The zero-order valence-electron chi connectivity index (χ0n) is 18.2. The first-order chi connectivity index (χ1) is 16.4. The van der Waals surface area contributed by atoms with Crippen LogP contribution in [0.4, 0.5) is 9.18 Å². The molecular formula is C26H20FN3O4. The van der Waals surface area contributed by atoms with E-state index in [1.807, 2.05) is 35.8 Å². The largest absolute Gasteiger partial charge is 0.467 e. The van der Waals surface area contributed by atoms with Crippen LogP contribution in [0.2, 0.25) is 0 Å². The van der Waals surface area contributed by atoms with Crippen LogP contribution in [-0.2, 0) is 22.7 Å². The van der Waals surface area contributed by atoms with Crippen LogP contribution in [0.25, 0.3) is 17.0 Å². The molecule has 0 saturated carbocycles. The zero-order valence-corrected chi connectivity index (χ0v) is 18.2. The summed E-state index contributed by atoms with van der Waals surface area (Å²) in [6.07, 6.45) is 2.94. The Labute approximate surface area is 194 Å². The number of urea groups is 1. The van der Waals surface area contributed by atoms with E-state index in [4.69, 9.17) is 4.42 Å². The van der Waals surface area contributed by atoms with Crippen LogP contribution in [0.3, 0.4) is 0 Å². The summed E-state index contributed by atoms with van der Waals surface area (Å²) >= 11 is 0. The quantitative estimate of drug-likeness (QED) is 0.356. The van der Waals surface area contributed by atoms with Crippen LogP contribution in [0.15, 0.2) is 76.9 Å². The molecular weight excluding hydrogens is 437 g/mol. The molecule has 0 spiro atoms. The van der Waals surface area contributed by atoms with Crippen molar-refractivity contribution in [2.24, 2.45) is 0 Å². The fraction of sp³-hybridized carbons (Fsp3) is 0.115. The van der Waals surface area contributed by atoms with E-state index in [-0.39, 0.29) is 24.5 Å². The minimum atomic E-state index is -0.803. The first-order valence-electron chi connectivity index (χ1n) is 10.7. The lowest BCUT2D eigenvalue weighted by atomic mass is 10.0. The first kappa shape index (κ1) is 21.4. The number of rotatable bonds is 5. The fourth-order valence-corrected chi connectivity index (χ4v) is 4.18. The predicted molar refractivity (Wildman–Crippen MR) is 123 cm³/mol. The number of amides is 4. The molecule has 0 bridgehead atoms. The van der Waals surface area contributed by atoms with Crippen molar-refractivity contribution in [1.82, 2.24) is 14.8 Å². The number of halogens is 1. The number of hydrogen-bond acceptors (Lipinski definition) is 4. The normalized spacial score (nSPS) is 15.4. The maximum atomic E-state index is 14.4. The molecule has 4 aromatic rings. The maximum absolute atomic E-state index is 14.4. The summed E-state index contributed by atoms with van der Waals surface area (Å²) < 4.78 is 21.5. The molecule has 170 valence electrons. The van der Waals surface area contributed by atoms with Crippen molar-refractivity contribution in [2.75, 3.05) is 0 Å². The van der Waals surface area contributed by atoms with Gasteiger partial charge >= 0.3 is 6.03 Å². The Balaban J connectivity index is 1.58. The van der Waals surface area contributed by atoms with Gasteiger partial charge in [0.1, 0.15) is 17.2 Å². The molecule has 8 heteroatoms. The molecule has 0 radical (unpaired) electrons. The van der Waals surface area contributed by atoms with Crippen LogP contribution in [0.5, 0.6) is 0 Å². The van der Waals surface area contributed by atoms with E-state index >= 15 is 0 Å². The number of carbonyl (C=O) groups is 3. The van der Waals surface area contributed by atoms with Crippen molar-refractivity contribution < 1.29 is 23.2 Å². The lowest BCUT2D eigenvalue weighted by molar-refractivity contribution is -0.130. The molecule has 0 unspecified atom stereocenters. The average molecular weight is 457 g/mol. The lowest BCUT2D eigenvalue weighted by Crippen LogP contribution is -2.53. The van der Waals surface area contributed by atoms with Gasteiger partial charge in [-0.25, -0.2) is 9.18 Å². The Hall–Kier alpha value is -4.46. The molecule has 2 aromatic carbocycles. The molecule has 1 fully saturated rings. The van der Waals surface area contributed by atoms with E-state index in [2.05, 4.69) is 5.32 Å². The number of aromatic nitrogens is 1. The summed E-state index contributed by atoms with van der Waals surface area (Å²) in [4.78, 5) is 39.0. The van der Waals surface area contributed by atoms with E-state index in [0.717, 1.165) is 21.5 Å². The highest BCUT2D eigenvalue weighted by atomic mass is 19.1. The van der Waals surface area contributed by atoms with Crippen LogP contribution in [0.1, 0.15) is 22.6 Å². The third kappa shape index (κ3) is 3.69. The Kier molecular flexibility index (Phi) is 5.33. The Morgan fingerprint density at radius 2 is 1.74 bits per heavy atom. The Morgan fingerprint density at radius 1 is 0.971 bits per heavy atom. The number of nitrogens with zero attached hydrogens (tertiary/aromatic N) is 2. The van der Waals surface area contributed by atoms with Crippen LogP contribution in [-0.4, -0.2) is 27.3 Å². The number of imide groups is 2. The average Bonchev–Trinajstić information content (AvgIpc) is 3.43. The predicted octanol–water partition coefficient (Wildman–Crippen LogP) is 4.39. The van der Waals surface area contributed by atoms with Gasteiger partial charge in [-0.05, 0) is 37.3 Å². The van der Waals surface area contributed by atoms with Crippen molar-refractivity contribution >= 4 is 34.8 Å². The summed E-state index contributed by atoms with van der Waals surface area (Å²) in [6, 6.07) is 16.5. The van der Waals surface area contributed by atoms with Gasteiger partial charge in [0, 0.05) is 27.7 Å². The fourth-order valence-electron chi connectivity index (χ4n) is 4.18. The van der Waals surface area contributed by atoms with Crippen molar-refractivity contribution in [3.8, 4) is 0 Å². The molecule has 0 atom stereocenters. The molecule has 7 nitrogen and oxygen atoms in total. The van der Waals surface area contributed by atoms with Crippen molar-refractivity contribution in [3.05, 3.63) is 101 Å². The number of barbiturate groups is 1. The van der Waals surface area contributed by atoms with Gasteiger partial charge in [0.05, 0.1) is 19.4 Å². The molecule has 0 aliphatic carbocycles. The summed E-state index contributed by atoms with van der Waals surface area (Å²) in [5.41, 5.74) is 2.60. The second kappa shape index (κ2) is 8.47. The molecule has 34 heavy (non-hydrogen) atoms. The Bertz CT molecular complexity index is 1470. The second-order valence-electron chi connectivity index (χ2n) is 7.98. The smallest absolute Gasteiger partial charge is 0.331 e. The molecule has 1 aliphatic rings. The maximum Gasteiger partial charge on any atom is 0.331 e. The molecule has 1 N–H and O–H groups in total. The third-order valence-electron chi connectivity index (χ3n) is 5.93. The minimum Gasteiger partial charge on any atom is -0.467 e. The first-order valence-corrected chi connectivity index (χ1v) is 10.7. The van der Waals surface area contributed by atoms with Crippen molar-refractivity contribution in [2.45, 2.75) is 20.0 Å². The zero-order chi connectivity index (χ0) is 23.8. The number of hydrogen-bond donors (Lipinski definition) is 1. The van der Waals surface area contributed by atoms with Crippen molar-refractivity contribution in [3.63, 3.8) is 0 Å². The molecule has 5 rings (SSSR count). The van der Waals surface area contributed by atoms with E-state index in [1.165, 1.54) is 18.4 Å². The van der Waals surface area contributed by atoms with Gasteiger partial charge in [-0.1, -0.05) is 36.4 Å². The Morgan fingerprint density at radius 3 is 2.50 bits per heavy atom. The summed E-state index contributed by atoms with van der Waals surface area (Å²) in [5, 5.41) is 3.03. The van der Waals surface area contributed by atoms with Crippen LogP contribution >= 0.6 is 0 Å². The topological polar surface area (TPSA) is 84.6 Å². The molecule has 4 amide bonds. The van der Waals surface area contributed by atoms with E-state index in [9.17, 15) is 18.8 Å². The minimum absolute atomic E-state index is 0.101. The highest BCUT2D eigenvalue weighted by molar-refractivity contribution is 6.31. The monoisotopic (exact) mass is 457 g/mol. The summed E-state index contributed by atoms with van der Waals surface area (Å²) in [6.45, 7) is 2.03. The number of carbonyl (C=O) groups excluding carboxylic acids is 3. The summed E-state index contributed by atoms with van der Waals surface area (Å²) in [5.74, 6) is -1.38. The number of furan rings is 1. The number of para-hydroxylation sites is 1. The highest BCUT2D eigenvalue weighted by Crippen LogP contribution is 2.30. The van der Waals surface area contributed by atoms with Gasteiger partial charge in [-0.2, -0.15) is 0 Å². The van der Waals surface area contributed by atoms with Gasteiger partial charge in [0.15, 0.2) is 0 Å². The highest BCUT2D eigenvalue weighted by Gasteiger charge is 2.36. The number of nitrogens with one attached hydrogen (secondary N) is 1. The SMILES string of the molecule is Cc1c(/C=C2/C(=O)NC(=O)N(Cc3ccco3)C2=O)c2ccccc2n1Cc1ccccc1F. The number of benzene rings is 2. The molecule has 1 saturated heterocycles. The number of fused-ring (bicyclic) bond motifs is 1. The second-order valence-corrected chi connectivity index (χ2v) is 7.98. The van der Waals surface area contributed by atoms with Crippen LogP contribution in [0, 0.1) is 12.7 Å². The molecule has 2 aromatic heterocycles. The van der Waals surface area contributed by atoms with Crippen molar-refractivity contribution in [1.29, 1.82) is 0 Å². The van der Waals surface area contributed by atoms with E-state index in [0.29, 0.717) is 16.9 Å². The summed E-state index contributed by atoms with van der Waals surface area (Å²) in [7, 11) is 0. The van der Waals surface area contributed by atoms with Gasteiger partial charge in [-0.15, -0.1) is 0 Å². The molecule has 3 heterocycles. The standard InChI is InChI=1S/C26H20FN3O4/c1-16-20(13-21-24(31)28-26(33)30(25(21)32)15-18-8-6-12-34-18)19-9-3-5-11-23(19)29(16)14-17-7-2-4-10-22(17)27/h2-13H,14-15H2,1H3,(H,28,31,33)/b21-13-. The van der Waals surface area contributed by atoms with E-state index < -0.39 is 17.8 Å². The van der Waals surface area contributed by atoms with Gasteiger partial charge < -0.3 is 8.98 Å². The van der Waals surface area contributed by atoms with Gasteiger partial charge in [-0.3, -0.25) is 19.8 Å². The van der Waals surface area contributed by atoms with Gasteiger partial charge in [0.25, 0.3) is 11.8 Å². The van der Waals surface area contributed by atoms with Gasteiger partial charge in [0.2, 0.25) is 0 Å². The third-order valence-corrected chi connectivity index (χ3v) is 5.93. The van der Waals surface area contributed by atoms with E-state index in [1.54, 1.807) is 30.3 Å². The van der Waals surface area contributed by atoms with Crippen LogP contribution < -0.4 is 5.32 Å². The molecule has 1 aliphatic heterocycles.